The molecule has 0 radical (unpaired) electrons. The van der Waals surface area contributed by atoms with Gasteiger partial charge in [-0.2, -0.15) is 5.10 Å². The summed E-state index contributed by atoms with van der Waals surface area (Å²) in [5.74, 6) is 0.0729. The van der Waals surface area contributed by atoms with E-state index in [-0.39, 0.29) is 11.9 Å². The summed E-state index contributed by atoms with van der Waals surface area (Å²) >= 11 is 0. The summed E-state index contributed by atoms with van der Waals surface area (Å²) in [7, 11) is 0. The molecule has 28 heavy (non-hydrogen) atoms. The summed E-state index contributed by atoms with van der Waals surface area (Å²) in [4.78, 5) is 19.4. The van der Waals surface area contributed by atoms with Crippen LogP contribution in [0, 0.1) is 6.92 Å². The highest BCUT2D eigenvalue weighted by atomic mass is 16.2. The molecule has 0 saturated carbocycles. The van der Waals surface area contributed by atoms with E-state index in [0.29, 0.717) is 12.1 Å². The van der Waals surface area contributed by atoms with Crippen LogP contribution in [0.1, 0.15) is 52.5 Å². The minimum absolute atomic E-state index is 0.0665. The Kier molecular flexibility index (Phi) is 5.37. The highest BCUT2D eigenvalue weighted by Gasteiger charge is 2.29. The average molecular weight is 375 g/mol. The molecule has 1 saturated heterocycles. The van der Waals surface area contributed by atoms with Crippen molar-refractivity contribution < 1.29 is 4.79 Å². The van der Waals surface area contributed by atoms with Crippen LogP contribution in [0.5, 0.6) is 0 Å². The molecule has 144 valence electrons. The number of pyridine rings is 1. The molecule has 1 aromatic carbocycles. The van der Waals surface area contributed by atoms with Gasteiger partial charge in [0.2, 0.25) is 0 Å². The first-order valence-electron chi connectivity index (χ1n) is 9.76. The minimum Gasteiger partial charge on any atom is -0.381 e. The molecule has 1 fully saturated rings. The fourth-order valence-electron chi connectivity index (χ4n) is 3.76. The SMILES string of the molecule is Cc1ccc(C(=O)N2CCCCC2c2ccn[nH]2)cc1NCc1cccnc1. The fourth-order valence-corrected chi connectivity index (χ4v) is 3.76. The van der Waals surface area contributed by atoms with Crippen molar-refractivity contribution in [3.63, 3.8) is 0 Å². The zero-order chi connectivity index (χ0) is 19.3. The zero-order valence-electron chi connectivity index (χ0n) is 16.1. The van der Waals surface area contributed by atoms with Crippen molar-refractivity contribution in [3.05, 3.63) is 77.4 Å². The topological polar surface area (TPSA) is 73.9 Å². The summed E-state index contributed by atoms with van der Waals surface area (Å²) in [5.41, 5.74) is 4.92. The summed E-state index contributed by atoms with van der Waals surface area (Å²) in [5, 5.41) is 10.5. The number of aromatic amines is 1. The Bertz CT molecular complexity index is 923. The Hall–Kier alpha value is -3.15. The summed E-state index contributed by atoms with van der Waals surface area (Å²) in [6, 6.07) is 11.9. The van der Waals surface area contributed by atoms with Crippen LogP contribution in [0.15, 0.2) is 55.0 Å². The molecule has 0 spiro atoms. The maximum Gasteiger partial charge on any atom is 0.254 e. The number of nitrogens with one attached hydrogen (secondary N) is 2. The van der Waals surface area contributed by atoms with E-state index in [1.807, 2.05) is 54.4 Å². The van der Waals surface area contributed by atoms with Crippen LogP contribution < -0.4 is 5.32 Å². The van der Waals surface area contributed by atoms with E-state index in [0.717, 1.165) is 48.3 Å². The number of carbonyl (C=O) groups is 1. The lowest BCUT2D eigenvalue weighted by molar-refractivity contribution is 0.0606. The van der Waals surface area contributed by atoms with E-state index in [9.17, 15) is 4.79 Å². The van der Waals surface area contributed by atoms with Gasteiger partial charge in [-0.25, -0.2) is 0 Å². The Morgan fingerprint density at radius 1 is 1.25 bits per heavy atom. The normalized spacial score (nSPS) is 16.8. The van der Waals surface area contributed by atoms with Crippen molar-refractivity contribution in [2.75, 3.05) is 11.9 Å². The molecule has 4 rings (SSSR count). The molecule has 0 bridgehead atoms. The van der Waals surface area contributed by atoms with E-state index in [1.54, 1.807) is 12.4 Å². The molecular formula is C22H25N5O. The van der Waals surface area contributed by atoms with Gasteiger partial charge in [-0.15, -0.1) is 0 Å². The lowest BCUT2D eigenvalue weighted by Crippen LogP contribution is -2.38. The van der Waals surface area contributed by atoms with E-state index in [4.69, 9.17) is 0 Å². The van der Waals surface area contributed by atoms with Crippen molar-refractivity contribution in [2.24, 2.45) is 0 Å². The number of hydrogen-bond donors (Lipinski definition) is 2. The van der Waals surface area contributed by atoms with Crippen molar-refractivity contribution in [2.45, 2.75) is 38.8 Å². The van der Waals surface area contributed by atoms with Crippen LogP contribution in [0.4, 0.5) is 5.69 Å². The van der Waals surface area contributed by atoms with Crippen LogP contribution in [0.25, 0.3) is 0 Å². The third kappa shape index (κ3) is 3.91. The van der Waals surface area contributed by atoms with Gasteiger partial charge in [0.25, 0.3) is 5.91 Å². The second-order valence-electron chi connectivity index (χ2n) is 7.27. The van der Waals surface area contributed by atoms with Gasteiger partial charge in [0.1, 0.15) is 0 Å². The van der Waals surface area contributed by atoms with E-state index in [1.165, 1.54) is 0 Å². The van der Waals surface area contributed by atoms with Crippen LogP contribution in [-0.4, -0.2) is 32.5 Å². The molecule has 2 aromatic heterocycles. The molecule has 0 aliphatic carbocycles. The largest absolute Gasteiger partial charge is 0.381 e. The molecule has 6 nitrogen and oxygen atoms in total. The van der Waals surface area contributed by atoms with Gasteiger partial charge in [-0.1, -0.05) is 12.1 Å². The summed E-state index contributed by atoms with van der Waals surface area (Å²) in [6.45, 7) is 3.50. The van der Waals surface area contributed by atoms with Crippen LogP contribution in [0.2, 0.25) is 0 Å². The smallest absolute Gasteiger partial charge is 0.254 e. The number of rotatable bonds is 5. The van der Waals surface area contributed by atoms with E-state index < -0.39 is 0 Å². The number of H-pyrrole nitrogens is 1. The number of amides is 1. The number of piperidine rings is 1. The Balaban J connectivity index is 1.53. The number of benzene rings is 1. The summed E-state index contributed by atoms with van der Waals surface area (Å²) in [6.07, 6.45) is 8.49. The standard InChI is InChI=1S/C22H25N5O/c1-16-7-8-18(13-20(16)24-15-17-5-4-10-23-14-17)22(28)27-12-3-2-6-21(27)19-9-11-25-26-19/h4-5,7-11,13-14,21,24H,2-3,6,12,15H2,1H3,(H,25,26). The quantitative estimate of drug-likeness (QED) is 0.704. The van der Waals surface area contributed by atoms with Gasteiger partial charge in [-0.3, -0.25) is 14.9 Å². The third-order valence-corrected chi connectivity index (χ3v) is 5.34. The van der Waals surface area contributed by atoms with Crippen molar-refractivity contribution >= 4 is 11.6 Å². The van der Waals surface area contributed by atoms with Crippen molar-refractivity contribution in [1.82, 2.24) is 20.1 Å². The van der Waals surface area contributed by atoms with Gasteiger partial charge in [0, 0.05) is 42.9 Å². The number of anilines is 1. The highest BCUT2D eigenvalue weighted by Crippen LogP contribution is 2.31. The number of likely N-dealkylation sites (tertiary alicyclic amines) is 1. The molecular weight excluding hydrogens is 350 g/mol. The monoisotopic (exact) mass is 375 g/mol. The fraction of sp³-hybridized carbons (Fsp3) is 0.318. The van der Waals surface area contributed by atoms with Crippen LogP contribution >= 0.6 is 0 Å². The number of aryl methyl sites for hydroxylation is 1. The predicted octanol–water partition coefficient (Wildman–Crippen LogP) is 4.09. The molecule has 1 atom stereocenters. The van der Waals surface area contributed by atoms with Gasteiger partial charge in [-0.05, 0) is 61.6 Å². The average Bonchev–Trinajstić information content (AvgIpc) is 3.28. The lowest BCUT2D eigenvalue weighted by Gasteiger charge is -2.35. The molecule has 1 unspecified atom stereocenters. The number of aromatic nitrogens is 3. The molecule has 1 amide bonds. The van der Waals surface area contributed by atoms with E-state index in [2.05, 4.69) is 20.5 Å². The first-order valence-corrected chi connectivity index (χ1v) is 9.76. The Morgan fingerprint density at radius 2 is 2.18 bits per heavy atom. The highest BCUT2D eigenvalue weighted by molar-refractivity contribution is 5.95. The maximum atomic E-state index is 13.3. The molecule has 1 aliphatic rings. The summed E-state index contributed by atoms with van der Waals surface area (Å²) < 4.78 is 0. The van der Waals surface area contributed by atoms with Gasteiger partial charge in [0.05, 0.1) is 11.7 Å². The van der Waals surface area contributed by atoms with Crippen LogP contribution in [0.3, 0.4) is 0 Å². The molecule has 3 aromatic rings. The molecule has 6 heteroatoms. The Morgan fingerprint density at radius 3 is 2.96 bits per heavy atom. The van der Waals surface area contributed by atoms with Gasteiger partial charge in [0.15, 0.2) is 0 Å². The predicted molar refractivity (Wildman–Crippen MR) is 109 cm³/mol. The first-order chi connectivity index (χ1) is 13.7. The van der Waals surface area contributed by atoms with Gasteiger partial charge >= 0.3 is 0 Å². The second kappa shape index (κ2) is 8.25. The number of hydrogen-bond acceptors (Lipinski definition) is 4. The maximum absolute atomic E-state index is 13.3. The number of carbonyl (C=O) groups excluding carboxylic acids is 1. The zero-order valence-corrected chi connectivity index (χ0v) is 16.1. The second-order valence-corrected chi connectivity index (χ2v) is 7.27. The van der Waals surface area contributed by atoms with E-state index >= 15 is 0 Å². The molecule has 1 aliphatic heterocycles. The van der Waals surface area contributed by atoms with Crippen molar-refractivity contribution in [1.29, 1.82) is 0 Å². The minimum atomic E-state index is 0.0665. The number of nitrogens with zero attached hydrogens (tertiary/aromatic N) is 3. The first kappa shape index (κ1) is 18.2. The lowest BCUT2D eigenvalue weighted by atomic mass is 9.98. The third-order valence-electron chi connectivity index (χ3n) is 5.34. The molecule has 3 heterocycles. The van der Waals surface area contributed by atoms with Gasteiger partial charge < -0.3 is 10.2 Å². The molecule has 2 N–H and O–H groups in total. The Labute approximate surface area is 165 Å². The van der Waals surface area contributed by atoms with Crippen molar-refractivity contribution in [3.8, 4) is 0 Å². The van der Waals surface area contributed by atoms with Crippen LogP contribution in [-0.2, 0) is 6.54 Å².